The van der Waals surface area contributed by atoms with Crippen LogP contribution >= 0.6 is 0 Å². The number of para-hydroxylation sites is 1. The van der Waals surface area contributed by atoms with Crippen molar-refractivity contribution in [2.24, 2.45) is 7.05 Å². The minimum absolute atomic E-state index is 0.316. The van der Waals surface area contributed by atoms with Gasteiger partial charge in [-0.25, -0.2) is 9.53 Å². The number of rotatable bonds is 2. The zero-order chi connectivity index (χ0) is 11.7. The summed E-state index contributed by atoms with van der Waals surface area (Å²) in [4.78, 5) is 11.4. The summed E-state index contributed by atoms with van der Waals surface area (Å²) in [6.07, 6.45) is 0. The molecule has 0 saturated heterocycles. The largest absolute Gasteiger partial charge is 0.496 e. The molecule has 0 radical (unpaired) electrons. The van der Waals surface area contributed by atoms with Crippen molar-refractivity contribution in [3.05, 3.63) is 40.2 Å². The number of methoxy groups -OCH3 is 1. The second kappa shape index (κ2) is 3.89. The lowest BCUT2D eigenvalue weighted by Gasteiger charge is -2.08. The summed E-state index contributed by atoms with van der Waals surface area (Å²) < 4.78 is 11.7. The van der Waals surface area contributed by atoms with Crippen molar-refractivity contribution in [2.75, 3.05) is 7.11 Å². The second-order valence-electron chi connectivity index (χ2n) is 3.55. The molecule has 0 amide bonds. The molecule has 0 aliphatic rings. The SMILES string of the molecule is COc1ccccc1-c1c(C)c(=O)on1C. The van der Waals surface area contributed by atoms with Crippen molar-refractivity contribution < 1.29 is 9.26 Å². The predicted octanol–water partition coefficient (Wildman–Crippen LogP) is 1.96. The Morgan fingerprint density at radius 3 is 2.56 bits per heavy atom. The fraction of sp³-hybridized carbons (Fsp3) is 0.250. The Labute approximate surface area is 93.0 Å². The molecule has 4 heteroatoms. The molecule has 2 rings (SSSR count). The number of benzene rings is 1. The molecule has 0 fully saturated rings. The van der Waals surface area contributed by atoms with E-state index in [1.54, 1.807) is 21.1 Å². The lowest BCUT2D eigenvalue weighted by atomic mass is 10.1. The van der Waals surface area contributed by atoms with Gasteiger partial charge in [-0.05, 0) is 19.1 Å². The van der Waals surface area contributed by atoms with E-state index in [0.29, 0.717) is 5.56 Å². The van der Waals surface area contributed by atoms with E-state index >= 15 is 0 Å². The maximum absolute atomic E-state index is 11.4. The summed E-state index contributed by atoms with van der Waals surface area (Å²) in [5.74, 6) is 0.724. The summed E-state index contributed by atoms with van der Waals surface area (Å²) in [6, 6.07) is 7.53. The van der Waals surface area contributed by atoms with Crippen molar-refractivity contribution in [1.29, 1.82) is 0 Å². The quantitative estimate of drug-likeness (QED) is 0.775. The Hall–Kier alpha value is -1.97. The van der Waals surface area contributed by atoms with E-state index in [4.69, 9.17) is 9.26 Å². The van der Waals surface area contributed by atoms with Crippen LogP contribution in [0.25, 0.3) is 11.3 Å². The normalized spacial score (nSPS) is 10.4. The van der Waals surface area contributed by atoms with E-state index in [2.05, 4.69) is 0 Å². The van der Waals surface area contributed by atoms with Gasteiger partial charge in [-0.15, -0.1) is 0 Å². The van der Waals surface area contributed by atoms with Gasteiger partial charge in [-0.3, -0.25) is 0 Å². The van der Waals surface area contributed by atoms with Crippen LogP contribution in [0.4, 0.5) is 0 Å². The van der Waals surface area contributed by atoms with E-state index < -0.39 is 0 Å². The number of nitrogens with zero attached hydrogens (tertiary/aromatic N) is 1. The summed E-state index contributed by atoms with van der Waals surface area (Å²) >= 11 is 0. The smallest absolute Gasteiger partial charge is 0.361 e. The van der Waals surface area contributed by atoms with Gasteiger partial charge in [0.25, 0.3) is 0 Å². The van der Waals surface area contributed by atoms with Crippen LogP contribution in [0.5, 0.6) is 5.75 Å². The molecule has 0 aliphatic carbocycles. The van der Waals surface area contributed by atoms with Gasteiger partial charge in [0.15, 0.2) is 0 Å². The molecule has 0 aliphatic heterocycles. The summed E-state index contributed by atoms with van der Waals surface area (Å²) in [7, 11) is 3.31. The average Bonchev–Trinajstić information content (AvgIpc) is 2.53. The van der Waals surface area contributed by atoms with Crippen molar-refractivity contribution in [3.8, 4) is 17.0 Å². The third-order valence-corrected chi connectivity index (χ3v) is 2.56. The second-order valence-corrected chi connectivity index (χ2v) is 3.55. The first-order valence-corrected chi connectivity index (χ1v) is 4.95. The lowest BCUT2D eigenvalue weighted by Crippen LogP contribution is -1.96. The van der Waals surface area contributed by atoms with Gasteiger partial charge in [0.2, 0.25) is 0 Å². The summed E-state index contributed by atoms with van der Waals surface area (Å²) in [6.45, 7) is 1.74. The summed E-state index contributed by atoms with van der Waals surface area (Å²) in [5.41, 5.74) is 1.88. The Kier molecular flexibility index (Phi) is 2.56. The minimum atomic E-state index is -0.316. The van der Waals surface area contributed by atoms with Crippen LogP contribution in [0, 0.1) is 6.92 Å². The van der Waals surface area contributed by atoms with Crippen molar-refractivity contribution in [2.45, 2.75) is 6.92 Å². The highest BCUT2D eigenvalue weighted by Gasteiger charge is 2.16. The Morgan fingerprint density at radius 1 is 1.31 bits per heavy atom. The van der Waals surface area contributed by atoms with Crippen LogP contribution in [-0.2, 0) is 7.05 Å². The molecular weight excluding hydrogens is 206 g/mol. The molecule has 1 aromatic carbocycles. The molecule has 84 valence electrons. The molecule has 1 heterocycles. The standard InChI is InChI=1S/C12H13NO3/c1-8-11(13(2)16-12(8)14)9-6-4-5-7-10(9)15-3/h4-7H,1-3H3. The van der Waals surface area contributed by atoms with E-state index in [9.17, 15) is 4.79 Å². The molecule has 0 bridgehead atoms. The first-order chi connectivity index (χ1) is 7.65. The van der Waals surface area contributed by atoms with Crippen LogP contribution in [0.2, 0.25) is 0 Å². The van der Waals surface area contributed by atoms with Crippen molar-refractivity contribution in [1.82, 2.24) is 4.74 Å². The van der Waals surface area contributed by atoms with E-state index in [0.717, 1.165) is 17.0 Å². The maximum Gasteiger partial charge on any atom is 0.361 e. The Balaban J connectivity index is 2.72. The van der Waals surface area contributed by atoms with E-state index in [1.165, 1.54) is 4.74 Å². The third-order valence-electron chi connectivity index (χ3n) is 2.56. The van der Waals surface area contributed by atoms with E-state index in [1.807, 2.05) is 24.3 Å². The highest BCUT2D eigenvalue weighted by molar-refractivity contribution is 5.69. The first kappa shape index (κ1) is 10.5. The van der Waals surface area contributed by atoms with Crippen LogP contribution in [-0.4, -0.2) is 11.8 Å². The zero-order valence-electron chi connectivity index (χ0n) is 9.48. The highest BCUT2D eigenvalue weighted by Crippen LogP contribution is 2.30. The van der Waals surface area contributed by atoms with Crippen molar-refractivity contribution >= 4 is 0 Å². The summed E-state index contributed by atoms with van der Waals surface area (Å²) in [5, 5.41) is 0. The Morgan fingerprint density at radius 2 is 2.00 bits per heavy atom. The highest BCUT2D eigenvalue weighted by atomic mass is 16.5. The van der Waals surface area contributed by atoms with Gasteiger partial charge in [0, 0.05) is 12.6 Å². The van der Waals surface area contributed by atoms with Crippen LogP contribution in [0.1, 0.15) is 5.56 Å². The molecule has 0 spiro atoms. The van der Waals surface area contributed by atoms with Crippen LogP contribution in [0.3, 0.4) is 0 Å². The van der Waals surface area contributed by atoms with Gasteiger partial charge >= 0.3 is 5.63 Å². The lowest BCUT2D eigenvalue weighted by molar-refractivity contribution is 0.288. The first-order valence-electron chi connectivity index (χ1n) is 4.95. The minimum Gasteiger partial charge on any atom is -0.496 e. The number of hydrogen-bond donors (Lipinski definition) is 0. The van der Waals surface area contributed by atoms with Gasteiger partial charge in [-0.1, -0.05) is 12.1 Å². The number of aromatic nitrogens is 1. The number of ether oxygens (including phenoxy) is 1. The molecule has 2 aromatic rings. The van der Waals surface area contributed by atoms with Gasteiger partial charge in [0.05, 0.1) is 18.4 Å². The molecule has 0 saturated carbocycles. The number of aryl methyl sites for hydroxylation is 1. The maximum atomic E-state index is 11.4. The Bertz CT molecular complexity index is 566. The monoisotopic (exact) mass is 219 g/mol. The van der Waals surface area contributed by atoms with E-state index in [-0.39, 0.29) is 5.63 Å². The molecule has 1 aromatic heterocycles. The molecule has 0 unspecified atom stereocenters. The van der Waals surface area contributed by atoms with Crippen LogP contribution < -0.4 is 10.4 Å². The molecule has 4 nitrogen and oxygen atoms in total. The fourth-order valence-corrected chi connectivity index (χ4v) is 1.78. The topological polar surface area (TPSA) is 44.4 Å². The van der Waals surface area contributed by atoms with Gasteiger partial charge < -0.3 is 9.26 Å². The predicted molar refractivity (Wildman–Crippen MR) is 60.7 cm³/mol. The molecule has 0 N–H and O–H groups in total. The van der Waals surface area contributed by atoms with Gasteiger partial charge in [0.1, 0.15) is 5.75 Å². The van der Waals surface area contributed by atoms with Gasteiger partial charge in [-0.2, -0.15) is 0 Å². The molecule has 0 atom stereocenters. The molecular formula is C12H13NO3. The number of hydrogen-bond acceptors (Lipinski definition) is 3. The van der Waals surface area contributed by atoms with Crippen LogP contribution in [0.15, 0.2) is 33.6 Å². The average molecular weight is 219 g/mol. The third kappa shape index (κ3) is 1.52. The molecule has 16 heavy (non-hydrogen) atoms. The zero-order valence-corrected chi connectivity index (χ0v) is 9.48. The van der Waals surface area contributed by atoms with Crippen molar-refractivity contribution in [3.63, 3.8) is 0 Å². The fourth-order valence-electron chi connectivity index (χ4n) is 1.78.